The van der Waals surface area contributed by atoms with Crippen molar-refractivity contribution >= 4 is 35.2 Å². The fourth-order valence-electron chi connectivity index (χ4n) is 4.69. The van der Waals surface area contributed by atoms with Gasteiger partial charge in [-0.15, -0.1) is 0 Å². The summed E-state index contributed by atoms with van der Waals surface area (Å²) in [4.78, 5) is 56.5. The van der Waals surface area contributed by atoms with Gasteiger partial charge in [-0.3, -0.25) is 19.3 Å². The third-order valence-corrected chi connectivity index (χ3v) is 6.60. The number of benzene rings is 1. The zero-order valence-corrected chi connectivity index (χ0v) is 21.0. The Hall–Kier alpha value is -4.34. The normalized spacial score (nSPS) is 15.2. The molecule has 5 rings (SSSR count). The number of piperazine rings is 1. The van der Waals surface area contributed by atoms with Crippen LogP contribution in [0.3, 0.4) is 0 Å². The van der Waals surface area contributed by atoms with Gasteiger partial charge in [0.05, 0.1) is 11.1 Å². The van der Waals surface area contributed by atoms with Crippen LogP contribution in [0.2, 0.25) is 0 Å². The first-order valence-electron chi connectivity index (χ1n) is 12.4. The van der Waals surface area contributed by atoms with E-state index in [1.807, 2.05) is 36.9 Å². The highest BCUT2D eigenvalue weighted by Crippen LogP contribution is 2.23. The summed E-state index contributed by atoms with van der Waals surface area (Å²) in [5.74, 6) is 2.32. The molecule has 4 heterocycles. The number of carbonyl (C=O) groups is 3. The average molecular weight is 500 g/mol. The molecule has 2 aliphatic heterocycles. The molecular weight excluding hydrogens is 470 g/mol. The molecule has 2 aromatic heterocycles. The van der Waals surface area contributed by atoms with Crippen LogP contribution in [0, 0.1) is 13.8 Å². The minimum atomic E-state index is -0.283. The lowest BCUT2D eigenvalue weighted by Crippen LogP contribution is -2.49. The van der Waals surface area contributed by atoms with E-state index >= 15 is 0 Å². The lowest BCUT2D eigenvalue weighted by atomic mass is 10.1. The number of anilines is 3. The molecule has 190 valence electrons. The molecule has 0 unspecified atom stereocenters. The quantitative estimate of drug-likeness (QED) is 0.494. The molecular formula is C27H29N7O3. The summed E-state index contributed by atoms with van der Waals surface area (Å²) in [5, 5.41) is 3.25. The smallest absolute Gasteiger partial charge is 0.261 e. The van der Waals surface area contributed by atoms with E-state index in [0.717, 1.165) is 17.2 Å². The molecule has 3 amide bonds. The van der Waals surface area contributed by atoms with E-state index in [1.165, 1.54) is 4.90 Å². The Bertz CT molecular complexity index is 1320. The highest BCUT2D eigenvalue weighted by atomic mass is 16.2. The molecule has 10 heteroatoms. The van der Waals surface area contributed by atoms with E-state index in [2.05, 4.69) is 25.2 Å². The molecule has 10 nitrogen and oxygen atoms in total. The Morgan fingerprint density at radius 1 is 0.919 bits per heavy atom. The third-order valence-electron chi connectivity index (χ3n) is 6.60. The van der Waals surface area contributed by atoms with Crippen LogP contribution in [0.25, 0.3) is 0 Å². The minimum Gasteiger partial charge on any atom is -0.353 e. The van der Waals surface area contributed by atoms with Gasteiger partial charge in [0, 0.05) is 51.4 Å². The van der Waals surface area contributed by atoms with Crippen molar-refractivity contribution in [3.05, 3.63) is 71.2 Å². The van der Waals surface area contributed by atoms with Crippen molar-refractivity contribution in [2.45, 2.75) is 26.7 Å². The van der Waals surface area contributed by atoms with Crippen LogP contribution in [0.4, 0.5) is 17.5 Å². The number of aryl methyl sites for hydroxylation is 2. The highest BCUT2D eigenvalue weighted by molar-refractivity contribution is 6.21. The monoisotopic (exact) mass is 499 g/mol. The Morgan fingerprint density at radius 3 is 2.30 bits per heavy atom. The van der Waals surface area contributed by atoms with Crippen molar-refractivity contribution in [1.82, 2.24) is 24.8 Å². The number of hydrogen-bond donors (Lipinski definition) is 1. The molecule has 1 fully saturated rings. The Labute approximate surface area is 215 Å². The second kappa shape index (κ2) is 10.3. The fraction of sp³-hybridized carbons (Fsp3) is 0.333. The largest absolute Gasteiger partial charge is 0.353 e. The topological polar surface area (TPSA) is 112 Å². The maximum atomic E-state index is 12.8. The first-order chi connectivity index (χ1) is 17.9. The molecule has 3 aromatic rings. The van der Waals surface area contributed by atoms with Gasteiger partial charge in [0.1, 0.15) is 23.3 Å². The first kappa shape index (κ1) is 24.4. The molecule has 1 N–H and O–H groups in total. The molecule has 1 aromatic carbocycles. The second-order valence-corrected chi connectivity index (χ2v) is 9.28. The van der Waals surface area contributed by atoms with Crippen LogP contribution < -0.4 is 10.2 Å². The lowest BCUT2D eigenvalue weighted by Gasteiger charge is -2.35. The van der Waals surface area contributed by atoms with Gasteiger partial charge < -0.3 is 15.1 Å². The van der Waals surface area contributed by atoms with Crippen molar-refractivity contribution < 1.29 is 14.4 Å². The van der Waals surface area contributed by atoms with Gasteiger partial charge in [-0.05, 0) is 50.1 Å². The first-order valence-corrected chi connectivity index (χ1v) is 12.4. The van der Waals surface area contributed by atoms with Crippen molar-refractivity contribution in [1.29, 1.82) is 0 Å². The number of nitrogens with zero attached hydrogens (tertiary/aromatic N) is 6. The number of pyridine rings is 1. The van der Waals surface area contributed by atoms with Crippen molar-refractivity contribution in [2.75, 3.05) is 42.9 Å². The van der Waals surface area contributed by atoms with Gasteiger partial charge in [-0.2, -0.15) is 0 Å². The fourth-order valence-corrected chi connectivity index (χ4v) is 4.69. The number of rotatable bonds is 7. The number of aromatic nitrogens is 3. The Balaban J connectivity index is 1.12. The van der Waals surface area contributed by atoms with Gasteiger partial charge >= 0.3 is 0 Å². The van der Waals surface area contributed by atoms with Gasteiger partial charge in [-0.1, -0.05) is 12.1 Å². The van der Waals surface area contributed by atoms with E-state index in [-0.39, 0.29) is 30.7 Å². The van der Waals surface area contributed by atoms with Crippen molar-refractivity contribution in [3.8, 4) is 0 Å². The standard InChI is InChI=1S/C27H29N7O3/c1-18-9-10-28-22(16-18)31-23-17-24(30-19(2)29-23)32-12-14-33(15-13-32)25(35)8-5-11-34-26(36)20-6-3-4-7-21(20)27(34)37/h3-4,6-7,9-10,16-17H,5,8,11-15H2,1-2H3,(H,28,29,30,31). The van der Waals surface area contributed by atoms with E-state index in [9.17, 15) is 14.4 Å². The van der Waals surface area contributed by atoms with Gasteiger partial charge in [-0.25, -0.2) is 15.0 Å². The summed E-state index contributed by atoms with van der Waals surface area (Å²) in [6.07, 6.45) is 2.48. The molecule has 2 aliphatic rings. The number of amides is 3. The second-order valence-electron chi connectivity index (χ2n) is 9.28. The summed E-state index contributed by atoms with van der Waals surface area (Å²) in [7, 11) is 0. The number of hydrogen-bond acceptors (Lipinski definition) is 8. The number of imide groups is 1. The molecule has 37 heavy (non-hydrogen) atoms. The van der Waals surface area contributed by atoms with Crippen LogP contribution in [-0.4, -0.2) is 75.2 Å². The van der Waals surface area contributed by atoms with E-state index in [4.69, 9.17) is 0 Å². The molecule has 0 atom stereocenters. The van der Waals surface area contributed by atoms with E-state index in [1.54, 1.807) is 30.5 Å². The maximum absolute atomic E-state index is 12.8. The van der Waals surface area contributed by atoms with Gasteiger partial charge in [0.15, 0.2) is 0 Å². The van der Waals surface area contributed by atoms with Crippen LogP contribution in [-0.2, 0) is 4.79 Å². The highest BCUT2D eigenvalue weighted by Gasteiger charge is 2.34. The van der Waals surface area contributed by atoms with Crippen LogP contribution in [0.5, 0.6) is 0 Å². The van der Waals surface area contributed by atoms with Crippen LogP contribution in [0.15, 0.2) is 48.7 Å². The summed E-state index contributed by atoms with van der Waals surface area (Å²) < 4.78 is 0. The van der Waals surface area contributed by atoms with E-state index in [0.29, 0.717) is 55.4 Å². The number of nitrogens with one attached hydrogen (secondary N) is 1. The molecule has 0 saturated carbocycles. The van der Waals surface area contributed by atoms with E-state index < -0.39 is 0 Å². The minimum absolute atomic E-state index is 0.0306. The van der Waals surface area contributed by atoms with Gasteiger partial charge in [0.2, 0.25) is 5.91 Å². The molecule has 0 radical (unpaired) electrons. The van der Waals surface area contributed by atoms with Gasteiger partial charge in [0.25, 0.3) is 11.8 Å². The van der Waals surface area contributed by atoms with Crippen LogP contribution in [0.1, 0.15) is 44.9 Å². The Morgan fingerprint density at radius 2 is 1.62 bits per heavy atom. The molecule has 0 spiro atoms. The maximum Gasteiger partial charge on any atom is 0.261 e. The van der Waals surface area contributed by atoms with Crippen molar-refractivity contribution in [2.24, 2.45) is 0 Å². The zero-order chi connectivity index (χ0) is 25.9. The summed E-state index contributed by atoms with van der Waals surface area (Å²) in [5.41, 5.74) is 1.97. The SMILES string of the molecule is Cc1ccnc(Nc2cc(N3CCN(C(=O)CCCN4C(=O)c5ccccc5C4=O)CC3)nc(C)n2)c1. The number of carbonyl (C=O) groups excluding carboxylic acids is 3. The summed E-state index contributed by atoms with van der Waals surface area (Å²) in [6, 6.07) is 12.6. The third kappa shape index (κ3) is 5.28. The van der Waals surface area contributed by atoms with Crippen molar-refractivity contribution in [3.63, 3.8) is 0 Å². The average Bonchev–Trinajstić information content (AvgIpc) is 3.13. The molecule has 0 aliphatic carbocycles. The predicted molar refractivity (Wildman–Crippen MR) is 139 cm³/mol. The summed E-state index contributed by atoms with van der Waals surface area (Å²) >= 11 is 0. The number of fused-ring (bicyclic) bond motifs is 1. The lowest BCUT2D eigenvalue weighted by molar-refractivity contribution is -0.131. The molecule has 1 saturated heterocycles. The van der Waals surface area contributed by atoms with Crippen LogP contribution >= 0.6 is 0 Å². The zero-order valence-electron chi connectivity index (χ0n) is 21.0. The summed E-state index contributed by atoms with van der Waals surface area (Å²) in [6.45, 7) is 6.57. The molecule has 0 bridgehead atoms. The Kier molecular flexibility index (Phi) is 6.80. The predicted octanol–water partition coefficient (Wildman–Crippen LogP) is 2.96.